The minimum Gasteiger partial charge on any atom is -0.550 e. The lowest BCUT2D eigenvalue weighted by Crippen LogP contribution is -2.46. The Morgan fingerprint density at radius 1 is 1.10 bits per heavy atom. The predicted octanol–water partition coefficient (Wildman–Crippen LogP) is 0.764. The van der Waals surface area contributed by atoms with Gasteiger partial charge in [-0.05, 0) is 36.3 Å². The van der Waals surface area contributed by atoms with Crippen LogP contribution in [0.25, 0.3) is 0 Å². The van der Waals surface area contributed by atoms with E-state index in [0.29, 0.717) is 6.54 Å². The molecule has 1 fully saturated rings. The number of rotatable bonds is 2. The number of carboxylic acids is 1. The highest BCUT2D eigenvalue weighted by atomic mass is 16.4. The third kappa shape index (κ3) is 1.75. The van der Waals surface area contributed by atoms with Crippen molar-refractivity contribution in [3.8, 4) is 0 Å². The van der Waals surface area contributed by atoms with E-state index in [-0.39, 0.29) is 17.7 Å². The Bertz CT molecular complexity index is 651. The molecule has 0 saturated heterocycles. The smallest absolute Gasteiger partial charge is 0.231 e. The summed E-state index contributed by atoms with van der Waals surface area (Å²) < 4.78 is 0. The van der Waals surface area contributed by atoms with Gasteiger partial charge in [0.25, 0.3) is 0 Å². The molecule has 0 aromatic heterocycles. The standard InChI is InChI=1S/C17H17NO3/c19-16(18-8-7-10-3-1-2-4-13(10)18)14-11-5-6-12(9-11)15(14)17(20)21/h1-6,11-12,14-15H,7-9H2,(H,20,21)/p-1/t11-,12+,14+,15+/m1/s1. The van der Waals surface area contributed by atoms with Gasteiger partial charge in [-0.3, -0.25) is 4.79 Å². The van der Waals surface area contributed by atoms with E-state index in [4.69, 9.17) is 0 Å². The number of para-hydroxylation sites is 1. The fraction of sp³-hybridized carbons (Fsp3) is 0.412. The summed E-state index contributed by atoms with van der Waals surface area (Å²) in [5.41, 5.74) is 2.10. The second kappa shape index (κ2) is 4.45. The molecular formula is C17H16NO3-. The Hall–Kier alpha value is -2.10. The largest absolute Gasteiger partial charge is 0.550 e. The number of fused-ring (bicyclic) bond motifs is 3. The lowest BCUT2D eigenvalue weighted by molar-refractivity contribution is -0.313. The van der Waals surface area contributed by atoms with Crippen molar-refractivity contribution in [2.45, 2.75) is 12.8 Å². The van der Waals surface area contributed by atoms with Crippen LogP contribution in [0.4, 0.5) is 5.69 Å². The highest BCUT2D eigenvalue weighted by Crippen LogP contribution is 2.49. The van der Waals surface area contributed by atoms with Crippen LogP contribution in [0, 0.1) is 23.7 Å². The topological polar surface area (TPSA) is 60.4 Å². The molecule has 2 bridgehead atoms. The van der Waals surface area contributed by atoms with Crippen LogP contribution in [-0.2, 0) is 16.0 Å². The second-order valence-corrected chi connectivity index (χ2v) is 6.19. The molecule has 21 heavy (non-hydrogen) atoms. The number of hydrogen-bond donors (Lipinski definition) is 0. The average Bonchev–Trinajstić information content (AvgIpc) is 3.19. The Morgan fingerprint density at radius 3 is 2.57 bits per heavy atom. The lowest BCUT2D eigenvalue weighted by Gasteiger charge is -2.31. The van der Waals surface area contributed by atoms with Crippen molar-refractivity contribution in [3.05, 3.63) is 42.0 Å². The highest BCUT2D eigenvalue weighted by molar-refractivity contribution is 5.99. The second-order valence-electron chi connectivity index (χ2n) is 6.19. The number of amides is 1. The minimum atomic E-state index is -1.09. The van der Waals surface area contributed by atoms with Crippen molar-refractivity contribution in [3.63, 3.8) is 0 Å². The first-order valence-electron chi connectivity index (χ1n) is 7.45. The average molecular weight is 282 g/mol. The van der Waals surface area contributed by atoms with Gasteiger partial charge in [0.2, 0.25) is 5.91 Å². The molecule has 108 valence electrons. The molecule has 3 aliphatic rings. The van der Waals surface area contributed by atoms with Gasteiger partial charge in [-0.1, -0.05) is 30.4 Å². The number of hydrogen-bond acceptors (Lipinski definition) is 3. The molecule has 1 aromatic rings. The summed E-state index contributed by atoms with van der Waals surface area (Å²) in [6, 6.07) is 7.86. The molecule has 0 N–H and O–H groups in total. The summed E-state index contributed by atoms with van der Waals surface area (Å²) >= 11 is 0. The molecule has 1 heterocycles. The van der Waals surface area contributed by atoms with Gasteiger partial charge in [0.15, 0.2) is 0 Å². The van der Waals surface area contributed by atoms with Crippen molar-refractivity contribution in [1.29, 1.82) is 0 Å². The zero-order valence-electron chi connectivity index (χ0n) is 11.6. The number of anilines is 1. The number of aliphatic carboxylic acids is 1. The van der Waals surface area contributed by atoms with Crippen molar-refractivity contribution >= 4 is 17.6 Å². The van der Waals surface area contributed by atoms with Crippen molar-refractivity contribution < 1.29 is 14.7 Å². The first-order valence-corrected chi connectivity index (χ1v) is 7.45. The highest BCUT2D eigenvalue weighted by Gasteiger charge is 2.50. The molecule has 0 radical (unpaired) electrons. The molecule has 1 aromatic carbocycles. The maximum atomic E-state index is 12.9. The van der Waals surface area contributed by atoms with E-state index in [9.17, 15) is 14.7 Å². The van der Waals surface area contributed by atoms with Gasteiger partial charge in [0, 0.05) is 24.1 Å². The molecule has 1 saturated carbocycles. The van der Waals surface area contributed by atoms with E-state index >= 15 is 0 Å². The monoisotopic (exact) mass is 282 g/mol. The van der Waals surface area contributed by atoms with Gasteiger partial charge in [0.05, 0.1) is 5.92 Å². The van der Waals surface area contributed by atoms with Gasteiger partial charge in [-0.2, -0.15) is 0 Å². The number of nitrogens with zero attached hydrogens (tertiary/aromatic N) is 1. The zero-order valence-corrected chi connectivity index (χ0v) is 11.6. The Balaban J connectivity index is 1.67. The van der Waals surface area contributed by atoms with Crippen LogP contribution < -0.4 is 10.0 Å². The van der Waals surface area contributed by atoms with E-state index in [1.165, 1.54) is 0 Å². The molecular weight excluding hydrogens is 266 g/mol. The van der Waals surface area contributed by atoms with E-state index in [1.807, 2.05) is 36.4 Å². The summed E-state index contributed by atoms with van der Waals surface area (Å²) in [5, 5.41) is 11.5. The van der Waals surface area contributed by atoms with Crippen LogP contribution in [-0.4, -0.2) is 18.4 Å². The molecule has 0 spiro atoms. The summed E-state index contributed by atoms with van der Waals surface area (Å²) in [4.78, 5) is 26.1. The van der Waals surface area contributed by atoms with Crippen LogP contribution in [0.3, 0.4) is 0 Å². The van der Waals surface area contributed by atoms with Crippen LogP contribution in [0.5, 0.6) is 0 Å². The third-order valence-electron chi connectivity index (χ3n) is 5.17. The number of carbonyl (C=O) groups is 2. The van der Waals surface area contributed by atoms with Gasteiger partial charge >= 0.3 is 0 Å². The SMILES string of the molecule is O=C([O-])[C@@H]1[C@@H](C(=O)N2CCc3ccccc32)[C@@H]2C=C[C@H]1C2. The lowest BCUT2D eigenvalue weighted by atomic mass is 9.82. The first kappa shape index (κ1) is 12.6. The number of carboxylic acid groups (broad SMARTS) is 1. The first-order chi connectivity index (χ1) is 10.2. The van der Waals surface area contributed by atoms with E-state index in [2.05, 4.69) is 0 Å². The van der Waals surface area contributed by atoms with Crippen LogP contribution in [0.2, 0.25) is 0 Å². The Labute approximate surface area is 123 Å². The number of allylic oxidation sites excluding steroid dienone is 2. The van der Waals surface area contributed by atoms with E-state index < -0.39 is 17.8 Å². The number of benzene rings is 1. The van der Waals surface area contributed by atoms with Gasteiger partial charge < -0.3 is 14.8 Å². The molecule has 2 aliphatic carbocycles. The summed E-state index contributed by atoms with van der Waals surface area (Å²) in [6.45, 7) is 0.648. The van der Waals surface area contributed by atoms with Crippen LogP contribution in [0.1, 0.15) is 12.0 Å². The van der Waals surface area contributed by atoms with Gasteiger partial charge in [0.1, 0.15) is 0 Å². The Morgan fingerprint density at radius 2 is 1.81 bits per heavy atom. The molecule has 4 atom stereocenters. The molecule has 4 nitrogen and oxygen atoms in total. The van der Waals surface area contributed by atoms with Crippen LogP contribution >= 0.6 is 0 Å². The zero-order chi connectivity index (χ0) is 14.6. The van der Waals surface area contributed by atoms with Crippen molar-refractivity contribution in [1.82, 2.24) is 0 Å². The van der Waals surface area contributed by atoms with Gasteiger partial charge in [-0.25, -0.2) is 0 Å². The van der Waals surface area contributed by atoms with Crippen molar-refractivity contribution in [2.24, 2.45) is 23.7 Å². The predicted molar refractivity (Wildman–Crippen MR) is 75.2 cm³/mol. The summed E-state index contributed by atoms with van der Waals surface area (Å²) in [5.74, 6) is -2.25. The maximum absolute atomic E-state index is 12.9. The summed E-state index contributed by atoms with van der Waals surface area (Å²) in [7, 11) is 0. The van der Waals surface area contributed by atoms with Crippen molar-refractivity contribution in [2.75, 3.05) is 11.4 Å². The number of carbonyl (C=O) groups excluding carboxylic acids is 2. The minimum absolute atomic E-state index is 0.0354. The molecule has 4 rings (SSSR count). The van der Waals surface area contributed by atoms with Gasteiger partial charge in [-0.15, -0.1) is 0 Å². The fourth-order valence-corrected chi connectivity index (χ4v) is 4.23. The molecule has 1 amide bonds. The fourth-order valence-electron chi connectivity index (χ4n) is 4.23. The maximum Gasteiger partial charge on any atom is 0.231 e. The van der Waals surface area contributed by atoms with E-state index in [1.54, 1.807) is 4.90 Å². The third-order valence-corrected chi connectivity index (χ3v) is 5.17. The normalized spacial score (nSPS) is 32.5. The quantitative estimate of drug-likeness (QED) is 0.753. The molecule has 4 heteroatoms. The molecule has 0 unspecified atom stereocenters. The van der Waals surface area contributed by atoms with E-state index in [0.717, 1.165) is 24.1 Å². The summed E-state index contributed by atoms with van der Waals surface area (Å²) in [6.07, 6.45) is 5.56. The Kier molecular flexibility index (Phi) is 2.67. The van der Waals surface area contributed by atoms with Crippen LogP contribution in [0.15, 0.2) is 36.4 Å². The molecule has 1 aliphatic heterocycles.